The predicted molar refractivity (Wildman–Crippen MR) is 94.7 cm³/mol. The summed E-state index contributed by atoms with van der Waals surface area (Å²) >= 11 is 0. The summed E-state index contributed by atoms with van der Waals surface area (Å²) in [7, 11) is 0. The third kappa shape index (κ3) is 4.73. The first-order valence-corrected chi connectivity index (χ1v) is 9.90. The van der Waals surface area contributed by atoms with E-state index < -0.39 is 0 Å². The highest BCUT2D eigenvalue weighted by molar-refractivity contribution is 5.86. The van der Waals surface area contributed by atoms with Crippen LogP contribution in [0.4, 0.5) is 0 Å². The molecule has 6 heteroatoms. The summed E-state index contributed by atoms with van der Waals surface area (Å²) in [5, 5.41) is 2.85. The van der Waals surface area contributed by atoms with Gasteiger partial charge in [-0.3, -0.25) is 14.4 Å². The zero-order valence-corrected chi connectivity index (χ0v) is 15.3. The largest absolute Gasteiger partial charge is 0.347 e. The number of carbonyl (C=O) groups excluding carboxylic acids is 3. The molecule has 0 aromatic carbocycles. The lowest BCUT2D eigenvalue weighted by atomic mass is 9.89. The lowest BCUT2D eigenvalue weighted by Gasteiger charge is -2.31. The van der Waals surface area contributed by atoms with Crippen LogP contribution in [0.5, 0.6) is 0 Å². The van der Waals surface area contributed by atoms with Crippen LogP contribution >= 0.6 is 0 Å². The molecular formula is C19H31N3O3. The molecule has 140 valence electrons. The molecule has 2 aliphatic carbocycles. The monoisotopic (exact) mass is 349 g/mol. The van der Waals surface area contributed by atoms with Crippen molar-refractivity contribution in [3.63, 3.8) is 0 Å². The molecule has 2 saturated carbocycles. The first-order chi connectivity index (χ1) is 12.1. The second-order valence-corrected chi connectivity index (χ2v) is 7.84. The van der Waals surface area contributed by atoms with Gasteiger partial charge in [0.05, 0.1) is 6.54 Å². The number of amides is 3. The quantitative estimate of drug-likeness (QED) is 0.793. The molecule has 0 aromatic heterocycles. The lowest BCUT2D eigenvalue weighted by Crippen LogP contribution is -2.48. The van der Waals surface area contributed by atoms with Gasteiger partial charge in [-0.1, -0.05) is 19.3 Å². The van der Waals surface area contributed by atoms with Gasteiger partial charge in [-0.05, 0) is 38.5 Å². The van der Waals surface area contributed by atoms with Crippen molar-refractivity contribution >= 4 is 17.7 Å². The summed E-state index contributed by atoms with van der Waals surface area (Å²) in [6, 6.07) is 0.477. The van der Waals surface area contributed by atoms with Crippen LogP contribution in [0.1, 0.15) is 64.7 Å². The molecule has 0 bridgehead atoms. The van der Waals surface area contributed by atoms with Crippen molar-refractivity contribution in [3.05, 3.63) is 0 Å². The Morgan fingerprint density at radius 3 is 2.36 bits per heavy atom. The van der Waals surface area contributed by atoms with Crippen molar-refractivity contribution < 1.29 is 14.4 Å². The Morgan fingerprint density at radius 2 is 1.72 bits per heavy atom. The van der Waals surface area contributed by atoms with Crippen LogP contribution in [0.3, 0.4) is 0 Å². The molecule has 1 N–H and O–H groups in total. The van der Waals surface area contributed by atoms with Crippen molar-refractivity contribution in [3.8, 4) is 0 Å². The topological polar surface area (TPSA) is 69.7 Å². The molecule has 1 atom stereocenters. The molecule has 3 rings (SSSR count). The molecule has 0 spiro atoms. The van der Waals surface area contributed by atoms with Crippen LogP contribution in [0.15, 0.2) is 0 Å². The van der Waals surface area contributed by atoms with E-state index in [1.54, 1.807) is 6.92 Å². The molecule has 0 radical (unpaired) electrons. The standard InChI is InChI=1S/C19H31N3O3/c1-14(23)22(16-9-10-16)13-17-8-5-11-21(17)18(24)12-20-19(25)15-6-3-2-4-7-15/h15-17H,2-13H2,1H3,(H,20,25). The van der Waals surface area contributed by atoms with Gasteiger partial charge in [0.25, 0.3) is 0 Å². The summed E-state index contributed by atoms with van der Waals surface area (Å²) in [5.74, 6) is 0.212. The van der Waals surface area contributed by atoms with Gasteiger partial charge in [0.15, 0.2) is 0 Å². The van der Waals surface area contributed by atoms with Gasteiger partial charge in [-0.2, -0.15) is 0 Å². The van der Waals surface area contributed by atoms with Gasteiger partial charge in [-0.15, -0.1) is 0 Å². The summed E-state index contributed by atoms with van der Waals surface area (Å²) in [5.41, 5.74) is 0. The average molecular weight is 349 g/mol. The molecule has 1 heterocycles. The molecule has 0 aromatic rings. The minimum absolute atomic E-state index is 0.00837. The number of likely N-dealkylation sites (tertiary alicyclic amines) is 1. The van der Waals surface area contributed by atoms with E-state index >= 15 is 0 Å². The smallest absolute Gasteiger partial charge is 0.242 e. The first kappa shape index (κ1) is 18.2. The Kier molecular flexibility index (Phi) is 5.97. The second kappa shape index (κ2) is 8.19. The van der Waals surface area contributed by atoms with Gasteiger partial charge in [0.2, 0.25) is 17.7 Å². The third-order valence-electron chi connectivity index (χ3n) is 5.89. The fourth-order valence-electron chi connectivity index (χ4n) is 4.28. The predicted octanol–water partition coefficient (Wildman–Crippen LogP) is 1.68. The maximum absolute atomic E-state index is 12.6. The van der Waals surface area contributed by atoms with E-state index in [0.29, 0.717) is 12.6 Å². The van der Waals surface area contributed by atoms with Gasteiger partial charge in [0.1, 0.15) is 0 Å². The number of hydrogen-bond donors (Lipinski definition) is 1. The highest BCUT2D eigenvalue weighted by Crippen LogP contribution is 2.29. The van der Waals surface area contributed by atoms with Crippen molar-refractivity contribution in [2.45, 2.75) is 76.8 Å². The van der Waals surface area contributed by atoms with Crippen molar-refractivity contribution in [2.75, 3.05) is 19.6 Å². The van der Waals surface area contributed by atoms with E-state index in [9.17, 15) is 14.4 Å². The Balaban J connectivity index is 1.48. The summed E-state index contributed by atoms with van der Waals surface area (Å²) in [6.07, 6.45) is 9.41. The molecule has 3 aliphatic rings. The molecule has 3 amide bonds. The van der Waals surface area contributed by atoms with Crippen LogP contribution < -0.4 is 5.32 Å². The highest BCUT2D eigenvalue weighted by Gasteiger charge is 2.36. The molecule has 1 aliphatic heterocycles. The van der Waals surface area contributed by atoms with Gasteiger partial charge >= 0.3 is 0 Å². The molecule has 3 fully saturated rings. The molecule has 25 heavy (non-hydrogen) atoms. The number of hydrogen-bond acceptors (Lipinski definition) is 3. The van der Waals surface area contributed by atoms with Crippen molar-refractivity contribution in [1.29, 1.82) is 0 Å². The van der Waals surface area contributed by atoms with E-state index in [-0.39, 0.29) is 36.2 Å². The zero-order valence-electron chi connectivity index (χ0n) is 15.3. The van der Waals surface area contributed by atoms with E-state index in [1.807, 2.05) is 9.80 Å². The molecule has 6 nitrogen and oxygen atoms in total. The Bertz CT molecular complexity index is 512. The summed E-state index contributed by atoms with van der Waals surface area (Å²) in [6.45, 7) is 3.08. The van der Waals surface area contributed by atoms with Crippen molar-refractivity contribution in [1.82, 2.24) is 15.1 Å². The van der Waals surface area contributed by atoms with Crippen LogP contribution in [0.2, 0.25) is 0 Å². The van der Waals surface area contributed by atoms with Gasteiger partial charge in [-0.25, -0.2) is 0 Å². The Morgan fingerprint density at radius 1 is 1.00 bits per heavy atom. The zero-order chi connectivity index (χ0) is 17.8. The number of nitrogens with one attached hydrogen (secondary N) is 1. The van der Waals surface area contributed by atoms with Gasteiger partial charge < -0.3 is 15.1 Å². The average Bonchev–Trinajstić information content (AvgIpc) is 3.35. The minimum Gasteiger partial charge on any atom is -0.347 e. The maximum Gasteiger partial charge on any atom is 0.242 e. The van der Waals surface area contributed by atoms with E-state index in [4.69, 9.17) is 0 Å². The SMILES string of the molecule is CC(=O)N(CC1CCCN1C(=O)CNC(=O)C1CCCCC1)C1CC1. The van der Waals surface area contributed by atoms with E-state index in [0.717, 1.165) is 57.9 Å². The summed E-state index contributed by atoms with van der Waals surface area (Å²) in [4.78, 5) is 40.5. The third-order valence-corrected chi connectivity index (χ3v) is 5.89. The van der Waals surface area contributed by atoms with E-state index in [1.165, 1.54) is 6.42 Å². The first-order valence-electron chi connectivity index (χ1n) is 9.90. The van der Waals surface area contributed by atoms with Crippen LogP contribution in [-0.4, -0.2) is 59.2 Å². The minimum atomic E-state index is -0.00837. The van der Waals surface area contributed by atoms with Crippen LogP contribution in [0.25, 0.3) is 0 Å². The number of rotatable bonds is 6. The summed E-state index contributed by atoms with van der Waals surface area (Å²) < 4.78 is 0. The molecular weight excluding hydrogens is 318 g/mol. The second-order valence-electron chi connectivity index (χ2n) is 7.84. The van der Waals surface area contributed by atoms with Crippen LogP contribution in [0, 0.1) is 5.92 Å². The van der Waals surface area contributed by atoms with Crippen LogP contribution in [-0.2, 0) is 14.4 Å². The fourth-order valence-corrected chi connectivity index (χ4v) is 4.28. The maximum atomic E-state index is 12.6. The molecule has 1 saturated heterocycles. The fraction of sp³-hybridized carbons (Fsp3) is 0.842. The Labute approximate surface area is 150 Å². The molecule has 1 unspecified atom stereocenters. The van der Waals surface area contributed by atoms with Crippen molar-refractivity contribution in [2.24, 2.45) is 5.92 Å². The highest BCUT2D eigenvalue weighted by atomic mass is 16.2. The lowest BCUT2D eigenvalue weighted by molar-refractivity contribution is -0.136. The number of nitrogens with zero attached hydrogens (tertiary/aromatic N) is 2. The van der Waals surface area contributed by atoms with E-state index in [2.05, 4.69) is 5.32 Å². The number of carbonyl (C=O) groups is 3. The van der Waals surface area contributed by atoms with Gasteiger partial charge in [0, 0.05) is 38.0 Å². The Hall–Kier alpha value is -1.59. The normalized spacial score (nSPS) is 24.2.